The molecule has 2 aliphatic rings. The predicted molar refractivity (Wildman–Crippen MR) is 81.0 cm³/mol. The molecule has 114 valence electrons. The summed E-state index contributed by atoms with van der Waals surface area (Å²) >= 11 is 0. The SMILES string of the molecule is O=C(OCc1ccc([C@H]2CCCN2)cc1)N1CCNCC1. The van der Waals surface area contributed by atoms with Crippen molar-refractivity contribution in [1.82, 2.24) is 15.5 Å². The van der Waals surface area contributed by atoms with Crippen LogP contribution in [0.1, 0.15) is 30.0 Å². The molecule has 2 aliphatic heterocycles. The van der Waals surface area contributed by atoms with Crippen molar-refractivity contribution >= 4 is 6.09 Å². The molecule has 2 N–H and O–H groups in total. The number of carbonyl (C=O) groups excluding carboxylic acids is 1. The van der Waals surface area contributed by atoms with Gasteiger partial charge in [-0.15, -0.1) is 0 Å². The fourth-order valence-corrected chi connectivity index (χ4v) is 2.90. The van der Waals surface area contributed by atoms with Gasteiger partial charge in [-0.25, -0.2) is 4.79 Å². The average Bonchev–Trinajstić information content (AvgIpc) is 3.08. The molecule has 1 amide bonds. The Kier molecular flexibility index (Phi) is 4.72. The molecule has 3 rings (SSSR count). The Hall–Kier alpha value is -1.59. The maximum absolute atomic E-state index is 11.9. The molecular formula is C16H23N3O2. The molecule has 0 unspecified atom stereocenters. The number of piperazine rings is 1. The highest BCUT2D eigenvalue weighted by atomic mass is 16.6. The van der Waals surface area contributed by atoms with Crippen molar-refractivity contribution in [3.8, 4) is 0 Å². The van der Waals surface area contributed by atoms with Crippen LogP contribution in [-0.2, 0) is 11.3 Å². The Labute approximate surface area is 125 Å². The van der Waals surface area contributed by atoms with Crippen LogP contribution in [0.4, 0.5) is 4.79 Å². The lowest BCUT2D eigenvalue weighted by Crippen LogP contribution is -2.46. The maximum atomic E-state index is 11.9. The van der Waals surface area contributed by atoms with Crippen LogP contribution in [0, 0.1) is 0 Å². The molecule has 1 atom stereocenters. The van der Waals surface area contributed by atoms with Crippen molar-refractivity contribution in [2.24, 2.45) is 0 Å². The molecule has 2 fully saturated rings. The van der Waals surface area contributed by atoms with E-state index in [9.17, 15) is 4.79 Å². The molecule has 0 spiro atoms. The van der Waals surface area contributed by atoms with Gasteiger partial charge in [0.1, 0.15) is 6.61 Å². The maximum Gasteiger partial charge on any atom is 0.410 e. The first-order valence-corrected chi connectivity index (χ1v) is 7.77. The van der Waals surface area contributed by atoms with E-state index < -0.39 is 0 Å². The average molecular weight is 289 g/mol. The molecule has 1 aromatic carbocycles. The second-order valence-electron chi connectivity index (χ2n) is 5.68. The number of nitrogens with zero attached hydrogens (tertiary/aromatic N) is 1. The van der Waals surface area contributed by atoms with Gasteiger partial charge < -0.3 is 20.3 Å². The zero-order valence-electron chi connectivity index (χ0n) is 12.3. The smallest absolute Gasteiger partial charge is 0.410 e. The van der Waals surface area contributed by atoms with Crippen LogP contribution < -0.4 is 10.6 Å². The van der Waals surface area contributed by atoms with Crippen molar-refractivity contribution in [1.29, 1.82) is 0 Å². The van der Waals surface area contributed by atoms with E-state index in [0.717, 1.165) is 38.3 Å². The number of hydrogen-bond donors (Lipinski definition) is 2. The van der Waals surface area contributed by atoms with Crippen LogP contribution in [0.5, 0.6) is 0 Å². The van der Waals surface area contributed by atoms with E-state index in [1.54, 1.807) is 4.90 Å². The summed E-state index contributed by atoms with van der Waals surface area (Å²) in [7, 11) is 0. The number of rotatable bonds is 3. The zero-order chi connectivity index (χ0) is 14.5. The van der Waals surface area contributed by atoms with E-state index in [4.69, 9.17) is 4.74 Å². The fraction of sp³-hybridized carbons (Fsp3) is 0.562. The second-order valence-corrected chi connectivity index (χ2v) is 5.68. The van der Waals surface area contributed by atoms with Gasteiger partial charge in [-0.3, -0.25) is 0 Å². The normalized spacial score (nSPS) is 22.3. The third-order valence-corrected chi connectivity index (χ3v) is 4.18. The highest BCUT2D eigenvalue weighted by molar-refractivity contribution is 5.67. The van der Waals surface area contributed by atoms with Gasteiger partial charge >= 0.3 is 6.09 Å². The monoisotopic (exact) mass is 289 g/mol. The van der Waals surface area contributed by atoms with Gasteiger partial charge in [-0.05, 0) is 30.5 Å². The summed E-state index contributed by atoms with van der Waals surface area (Å²) in [6.07, 6.45) is 2.24. The summed E-state index contributed by atoms with van der Waals surface area (Å²) < 4.78 is 5.38. The number of hydrogen-bond acceptors (Lipinski definition) is 4. The lowest BCUT2D eigenvalue weighted by atomic mass is 10.0. The minimum absolute atomic E-state index is 0.210. The molecule has 2 heterocycles. The molecule has 0 aromatic heterocycles. The summed E-state index contributed by atoms with van der Waals surface area (Å²) in [5.74, 6) is 0. The van der Waals surface area contributed by atoms with Crippen LogP contribution in [0.2, 0.25) is 0 Å². The Morgan fingerprint density at radius 2 is 1.95 bits per heavy atom. The van der Waals surface area contributed by atoms with Gasteiger partial charge in [-0.1, -0.05) is 24.3 Å². The standard InChI is InChI=1S/C16H23N3O2/c20-16(19-10-8-17-9-11-19)21-12-13-3-5-14(6-4-13)15-2-1-7-18-15/h3-6,15,17-18H,1-2,7-12H2/t15-/m1/s1. The molecule has 0 bridgehead atoms. The number of amides is 1. The number of benzene rings is 1. The molecule has 0 aliphatic carbocycles. The molecule has 1 aromatic rings. The zero-order valence-corrected chi connectivity index (χ0v) is 12.3. The third kappa shape index (κ3) is 3.74. The molecule has 2 saturated heterocycles. The lowest BCUT2D eigenvalue weighted by molar-refractivity contribution is 0.0918. The van der Waals surface area contributed by atoms with Crippen LogP contribution >= 0.6 is 0 Å². The van der Waals surface area contributed by atoms with Gasteiger partial charge in [0, 0.05) is 32.2 Å². The van der Waals surface area contributed by atoms with Crippen molar-refractivity contribution < 1.29 is 9.53 Å². The first kappa shape index (κ1) is 14.4. The molecule has 5 nitrogen and oxygen atoms in total. The van der Waals surface area contributed by atoms with Gasteiger partial charge in [0.05, 0.1) is 0 Å². The van der Waals surface area contributed by atoms with Crippen molar-refractivity contribution in [3.63, 3.8) is 0 Å². The van der Waals surface area contributed by atoms with E-state index in [-0.39, 0.29) is 6.09 Å². The van der Waals surface area contributed by atoms with Gasteiger partial charge in [0.15, 0.2) is 0 Å². The lowest BCUT2D eigenvalue weighted by Gasteiger charge is -2.26. The van der Waals surface area contributed by atoms with E-state index in [1.165, 1.54) is 18.4 Å². The summed E-state index contributed by atoms with van der Waals surface area (Å²) in [4.78, 5) is 13.7. The van der Waals surface area contributed by atoms with Gasteiger partial charge in [0.25, 0.3) is 0 Å². The number of carbonyl (C=O) groups is 1. The minimum atomic E-state index is -0.210. The molecule has 0 radical (unpaired) electrons. The highest BCUT2D eigenvalue weighted by Crippen LogP contribution is 2.23. The molecule has 5 heteroatoms. The first-order chi connectivity index (χ1) is 10.3. The van der Waals surface area contributed by atoms with Crippen LogP contribution in [0.25, 0.3) is 0 Å². The Morgan fingerprint density at radius 1 is 1.19 bits per heavy atom. The van der Waals surface area contributed by atoms with E-state index in [2.05, 4.69) is 34.9 Å². The van der Waals surface area contributed by atoms with E-state index in [1.807, 2.05) is 0 Å². The minimum Gasteiger partial charge on any atom is -0.445 e. The molecule has 0 saturated carbocycles. The quantitative estimate of drug-likeness (QED) is 0.888. The van der Waals surface area contributed by atoms with Crippen LogP contribution in [0.15, 0.2) is 24.3 Å². The van der Waals surface area contributed by atoms with E-state index in [0.29, 0.717) is 12.6 Å². The second kappa shape index (κ2) is 6.91. The summed E-state index contributed by atoms with van der Waals surface area (Å²) in [5.41, 5.74) is 2.37. The highest BCUT2D eigenvalue weighted by Gasteiger charge is 2.18. The van der Waals surface area contributed by atoms with Crippen molar-refractivity contribution in [2.75, 3.05) is 32.7 Å². The Balaban J connectivity index is 1.49. The summed E-state index contributed by atoms with van der Waals surface area (Å²) in [6, 6.07) is 8.87. The summed E-state index contributed by atoms with van der Waals surface area (Å²) in [6.45, 7) is 4.60. The summed E-state index contributed by atoms with van der Waals surface area (Å²) in [5, 5.41) is 6.71. The Bertz CT molecular complexity index is 463. The fourth-order valence-electron chi connectivity index (χ4n) is 2.90. The first-order valence-electron chi connectivity index (χ1n) is 7.77. The van der Waals surface area contributed by atoms with E-state index >= 15 is 0 Å². The Morgan fingerprint density at radius 3 is 2.62 bits per heavy atom. The number of ether oxygens (including phenoxy) is 1. The van der Waals surface area contributed by atoms with Crippen LogP contribution in [0.3, 0.4) is 0 Å². The van der Waals surface area contributed by atoms with Crippen molar-refractivity contribution in [3.05, 3.63) is 35.4 Å². The largest absolute Gasteiger partial charge is 0.445 e. The predicted octanol–water partition coefficient (Wildman–Crippen LogP) is 1.65. The molecular weight excluding hydrogens is 266 g/mol. The number of nitrogens with one attached hydrogen (secondary N) is 2. The third-order valence-electron chi connectivity index (χ3n) is 4.18. The van der Waals surface area contributed by atoms with Gasteiger partial charge in [-0.2, -0.15) is 0 Å². The van der Waals surface area contributed by atoms with Crippen LogP contribution in [-0.4, -0.2) is 43.7 Å². The van der Waals surface area contributed by atoms with Crippen molar-refractivity contribution in [2.45, 2.75) is 25.5 Å². The van der Waals surface area contributed by atoms with Gasteiger partial charge in [0.2, 0.25) is 0 Å². The molecule has 21 heavy (non-hydrogen) atoms. The topological polar surface area (TPSA) is 53.6 Å².